The lowest BCUT2D eigenvalue weighted by Crippen LogP contribution is -2.12. The largest absolute Gasteiger partial charge is 0.394 e. The first-order valence-corrected chi connectivity index (χ1v) is 7.82. The van der Waals surface area contributed by atoms with Crippen LogP contribution in [0.15, 0.2) is 17.3 Å². The number of aromatic nitrogens is 3. The first kappa shape index (κ1) is 14.0. The fraction of sp³-hybridized carbons (Fsp3) is 0.400. The van der Waals surface area contributed by atoms with Crippen molar-refractivity contribution in [1.82, 2.24) is 14.8 Å². The first-order valence-electron chi connectivity index (χ1n) is 5.52. The van der Waals surface area contributed by atoms with Crippen molar-refractivity contribution in [3.8, 4) is 0 Å². The summed E-state index contributed by atoms with van der Waals surface area (Å²) in [5.41, 5.74) is 0.804. The first-order chi connectivity index (χ1) is 8.92. The van der Waals surface area contributed by atoms with Gasteiger partial charge in [0.15, 0.2) is 5.13 Å². The van der Waals surface area contributed by atoms with Gasteiger partial charge in [-0.2, -0.15) is 5.10 Å². The molecule has 0 aliphatic carbocycles. The highest BCUT2D eigenvalue weighted by Crippen LogP contribution is 2.23. The summed E-state index contributed by atoms with van der Waals surface area (Å²) < 4.78 is 27.9. The highest BCUT2D eigenvalue weighted by atomic mass is 32.2. The average Bonchev–Trinajstić information content (AvgIpc) is 2.88. The van der Waals surface area contributed by atoms with Gasteiger partial charge in [-0.15, -0.1) is 11.3 Å². The summed E-state index contributed by atoms with van der Waals surface area (Å²) in [6, 6.07) is 0. The summed E-state index contributed by atoms with van der Waals surface area (Å²) in [4.78, 5) is 5.14. The zero-order valence-electron chi connectivity index (χ0n) is 10.5. The van der Waals surface area contributed by atoms with Crippen LogP contribution in [0.4, 0.5) is 5.13 Å². The molecule has 2 aromatic heterocycles. The normalized spacial score (nSPS) is 11.7. The van der Waals surface area contributed by atoms with Crippen molar-refractivity contribution in [3.63, 3.8) is 0 Å². The van der Waals surface area contributed by atoms with Gasteiger partial charge in [0.05, 0.1) is 25.0 Å². The molecule has 104 valence electrons. The van der Waals surface area contributed by atoms with Crippen LogP contribution in [0.3, 0.4) is 0 Å². The maximum Gasteiger partial charge on any atom is 0.266 e. The minimum absolute atomic E-state index is 0.0476. The molecule has 0 aromatic carbocycles. The van der Waals surface area contributed by atoms with Gasteiger partial charge in [-0.3, -0.25) is 9.40 Å². The summed E-state index contributed by atoms with van der Waals surface area (Å²) in [5, 5.41) is 13.0. The second kappa shape index (κ2) is 5.27. The van der Waals surface area contributed by atoms with Crippen LogP contribution in [0, 0.1) is 13.8 Å². The zero-order chi connectivity index (χ0) is 14.0. The number of aryl methyl sites for hydroxylation is 2. The molecule has 0 amide bonds. The highest BCUT2D eigenvalue weighted by molar-refractivity contribution is 7.93. The molecule has 2 N–H and O–H groups in total. The molecule has 0 saturated carbocycles. The van der Waals surface area contributed by atoms with Crippen molar-refractivity contribution in [1.29, 1.82) is 0 Å². The lowest BCUT2D eigenvalue weighted by molar-refractivity contribution is 0.269. The van der Waals surface area contributed by atoms with E-state index in [4.69, 9.17) is 5.11 Å². The van der Waals surface area contributed by atoms with E-state index in [1.807, 2.05) is 13.8 Å². The highest BCUT2D eigenvalue weighted by Gasteiger charge is 2.18. The van der Waals surface area contributed by atoms with Gasteiger partial charge in [0.2, 0.25) is 0 Å². The van der Waals surface area contributed by atoms with E-state index in [1.165, 1.54) is 28.4 Å². The molecule has 2 rings (SSSR count). The van der Waals surface area contributed by atoms with Crippen LogP contribution >= 0.6 is 11.3 Å². The van der Waals surface area contributed by atoms with Gasteiger partial charge in [0.1, 0.15) is 4.90 Å². The summed E-state index contributed by atoms with van der Waals surface area (Å²) in [7, 11) is -3.68. The third kappa shape index (κ3) is 3.11. The van der Waals surface area contributed by atoms with Gasteiger partial charge < -0.3 is 5.11 Å². The fourth-order valence-electron chi connectivity index (χ4n) is 1.40. The van der Waals surface area contributed by atoms with Crippen molar-refractivity contribution in [2.75, 3.05) is 11.3 Å². The van der Waals surface area contributed by atoms with E-state index >= 15 is 0 Å². The molecule has 0 spiro atoms. The molecule has 2 aromatic rings. The maximum absolute atomic E-state index is 12.1. The smallest absolute Gasteiger partial charge is 0.266 e. The predicted molar refractivity (Wildman–Crippen MR) is 71.7 cm³/mol. The number of nitrogens with one attached hydrogen (secondary N) is 1. The Morgan fingerprint density at radius 3 is 2.79 bits per heavy atom. The van der Waals surface area contributed by atoms with Crippen molar-refractivity contribution >= 4 is 26.5 Å². The Morgan fingerprint density at radius 1 is 1.47 bits per heavy atom. The number of hydrogen-bond acceptors (Lipinski definition) is 6. The minimum atomic E-state index is -3.68. The quantitative estimate of drug-likeness (QED) is 0.849. The van der Waals surface area contributed by atoms with Crippen LogP contribution in [-0.2, 0) is 16.6 Å². The second-order valence-corrected chi connectivity index (χ2v) is 6.81. The lowest BCUT2D eigenvalue weighted by atomic mass is 10.4. The van der Waals surface area contributed by atoms with Crippen LogP contribution in [-0.4, -0.2) is 34.9 Å². The number of aliphatic hydroxyl groups is 1. The number of hydrogen-bond donors (Lipinski definition) is 2. The van der Waals surface area contributed by atoms with Gasteiger partial charge in [-0.25, -0.2) is 13.4 Å². The predicted octanol–water partition coefficient (Wildman–Crippen LogP) is 0.750. The summed E-state index contributed by atoms with van der Waals surface area (Å²) in [6.45, 7) is 3.86. The topological polar surface area (TPSA) is 97.1 Å². The van der Waals surface area contributed by atoms with Crippen LogP contribution in [0.5, 0.6) is 0 Å². The third-order valence-electron chi connectivity index (χ3n) is 2.50. The second-order valence-electron chi connectivity index (χ2n) is 3.93. The number of aliphatic hydroxyl groups excluding tert-OH is 1. The Kier molecular flexibility index (Phi) is 3.88. The van der Waals surface area contributed by atoms with E-state index in [-0.39, 0.29) is 18.0 Å². The van der Waals surface area contributed by atoms with Gasteiger partial charge in [-0.1, -0.05) is 0 Å². The Balaban J connectivity index is 2.21. The van der Waals surface area contributed by atoms with E-state index in [2.05, 4.69) is 14.8 Å². The molecule has 0 bridgehead atoms. The van der Waals surface area contributed by atoms with Gasteiger partial charge in [-0.05, 0) is 13.8 Å². The molecule has 0 aliphatic rings. The monoisotopic (exact) mass is 302 g/mol. The minimum Gasteiger partial charge on any atom is -0.394 e. The number of rotatable bonds is 5. The molecule has 7 nitrogen and oxygen atoms in total. The standard InChI is InChI=1S/C10H14N4O3S2/c1-7-8(2)18-10(12-7)13-19(16,17)9-5-11-14(6-9)3-4-15/h5-6,15H,3-4H2,1-2H3,(H,12,13). The molecule has 0 radical (unpaired) electrons. The van der Waals surface area contributed by atoms with Crippen LogP contribution in [0.2, 0.25) is 0 Å². The molecule has 0 fully saturated rings. The van der Waals surface area contributed by atoms with Crippen molar-refractivity contribution in [2.24, 2.45) is 0 Å². The lowest BCUT2D eigenvalue weighted by Gasteiger charge is -2.01. The maximum atomic E-state index is 12.1. The molecule has 0 saturated heterocycles. The van der Waals surface area contributed by atoms with E-state index in [1.54, 1.807) is 0 Å². The van der Waals surface area contributed by atoms with Gasteiger partial charge >= 0.3 is 0 Å². The van der Waals surface area contributed by atoms with E-state index in [9.17, 15) is 8.42 Å². The van der Waals surface area contributed by atoms with Crippen molar-refractivity contribution < 1.29 is 13.5 Å². The summed E-state index contributed by atoms with van der Waals surface area (Å²) in [5.74, 6) is 0. The van der Waals surface area contributed by atoms with E-state index < -0.39 is 10.0 Å². The van der Waals surface area contributed by atoms with Crippen LogP contribution in [0.1, 0.15) is 10.6 Å². The number of nitrogens with zero attached hydrogens (tertiary/aromatic N) is 3. The molecular formula is C10H14N4O3S2. The molecular weight excluding hydrogens is 288 g/mol. The third-order valence-corrected chi connectivity index (χ3v) is 4.91. The molecule has 2 heterocycles. The average molecular weight is 302 g/mol. The van der Waals surface area contributed by atoms with Crippen molar-refractivity contribution in [3.05, 3.63) is 23.0 Å². The molecule has 0 unspecified atom stereocenters. The van der Waals surface area contributed by atoms with Crippen molar-refractivity contribution in [2.45, 2.75) is 25.3 Å². The van der Waals surface area contributed by atoms with E-state index in [0.717, 1.165) is 10.6 Å². The van der Waals surface area contributed by atoms with E-state index in [0.29, 0.717) is 5.13 Å². The molecule has 9 heteroatoms. The molecule has 0 atom stereocenters. The fourth-order valence-corrected chi connectivity index (χ4v) is 3.40. The van der Waals surface area contributed by atoms with Crippen LogP contribution < -0.4 is 4.72 Å². The SMILES string of the molecule is Cc1nc(NS(=O)(=O)c2cnn(CCO)c2)sc1C. The number of anilines is 1. The zero-order valence-corrected chi connectivity index (χ0v) is 12.1. The Hall–Kier alpha value is -1.45. The Morgan fingerprint density at radius 2 is 2.21 bits per heavy atom. The van der Waals surface area contributed by atoms with Gasteiger partial charge in [0.25, 0.3) is 10.0 Å². The summed E-state index contributed by atoms with van der Waals surface area (Å²) in [6.07, 6.45) is 2.61. The number of sulfonamides is 1. The van der Waals surface area contributed by atoms with Gasteiger partial charge in [0, 0.05) is 11.1 Å². The molecule has 19 heavy (non-hydrogen) atoms. The molecule has 0 aliphatic heterocycles. The van der Waals surface area contributed by atoms with Crippen LogP contribution in [0.25, 0.3) is 0 Å². The summed E-state index contributed by atoms with van der Waals surface area (Å²) >= 11 is 1.28. The number of thiazole rings is 1. The Labute approximate surface area is 115 Å². The Bertz CT molecular complexity index is 655.